The summed E-state index contributed by atoms with van der Waals surface area (Å²) in [6.07, 6.45) is 1.38. The van der Waals surface area contributed by atoms with Crippen molar-refractivity contribution in [3.05, 3.63) is 89.2 Å². The molecule has 0 aliphatic rings. The van der Waals surface area contributed by atoms with Gasteiger partial charge in [0.05, 0.1) is 12.7 Å². The average molecular weight is 430 g/mol. The van der Waals surface area contributed by atoms with E-state index in [1.165, 1.54) is 12.1 Å². The number of aliphatic carboxylic acids is 1. The number of primary amides is 1. The van der Waals surface area contributed by atoms with Gasteiger partial charge in [0.25, 0.3) is 0 Å². The van der Waals surface area contributed by atoms with Crippen molar-refractivity contribution in [3.63, 3.8) is 0 Å². The summed E-state index contributed by atoms with van der Waals surface area (Å²) in [7, 11) is 0. The van der Waals surface area contributed by atoms with Gasteiger partial charge in [-0.05, 0) is 47.0 Å². The van der Waals surface area contributed by atoms with E-state index in [2.05, 4.69) is 0 Å². The van der Waals surface area contributed by atoms with Crippen molar-refractivity contribution in [1.29, 1.82) is 0 Å². The van der Waals surface area contributed by atoms with Crippen LogP contribution in [0.1, 0.15) is 27.0 Å². The molecule has 0 radical (unpaired) electrons. The summed E-state index contributed by atoms with van der Waals surface area (Å²) >= 11 is 0. The zero-order valence-corrected chi connectivity index (χ0v) is 17.2. The summed E-state index contributed by atoms with van der Waals surface area (Å²) in [5, 5.41) is 10.1. The lowest BCUT2D eigenvalue weighted by Crippen LogP contribution is -2.12. The van der Waals surface area contributed by atoms with Crippen LogP contribution in [0.2, 0.25) is 0 Å². The monoisotopic (exact) mass is 430 g/mol. The minimum absolute atomic E-state index is 0.133. The van der Waals surface area contributed by atoms with E-state index in [-0.39, 0.29) is 18.6 Å². The Kier molecular flexibility index (Phi) is 5.91. The van der Waals surface area contributed by atoms with Gasteiger partial charge in [-0.2, -0.15) is 0 Å². The molecule has 1 heterocycles. The predicted molar refractivity (Wildman–Crippen MR) is 120 cm³/mol. The third-order valence-electron chi connectivity index (χ3n) is 5.23. The summed E-state index contributed by atoms with van der Waals surface area (Å²) in [6, 6.07) is 18.4. The number of hydrogen-bond donors (Lipinski definition) is 3. The maximum atomic E-state index is 11.5. The van der Waals surface area contributed by atoms with Crippen LogP contribution in [0.5, 0.6) is 5.75 Å². The standard InChI is InChI=1S/C25H22N2O5/c26-12-15-2-1-3-16(8-15)17-6-7-22-21(9-17)20(13-31-22)14-32-23-10-19(25(27)30)5-4-18(23)11-24(28)29/h1-10,13H,11-12,14,26H2,(H2,27,30)(H,28,29). The minimum atomic E-state index is -1.00. The molecule has 1 aromatic heterocycles. The fraction of sp³-hybridized carbons (Fsp3) is 0.120. The van der Waals surface area contributed by atoms with E-state index < -0.39 is 11.9 Å². The number of hydrogen-bond acceptors (Lipinski definition) is 5. The van der Waals surface area contributed by atoms with Crippen molar-refractivity contribution in [1.82, 2.24) is 0 Å². The first-order valence-corrected chi connectivity index (χ1v) is 10.0. The molecule has 5 N–H and O–H groups in total. The molecule has 3 aromatic carbocycles. The molecule has 0 saturated carbocycles. The molecule has 0 saturated heterocycles. The van der Waals surface area contributed by atoms with Crippen molar-refractivity contribution < 1.29 is 23.8 Å². The number of fused-ring (bicyclic) bond motifs is 1. The molecule has 0 spiro atoms. The van der Waals surface area contributed by atoms with Gasteiger partial charge < -0.3 is 25.7 Å². The Balaban J connectivity index is 1.64. The predicted octanol–water partition coefficient (Wildman–Crippen LogP) is 3.86. The Hall–Kier alpha value is -4.10. The largest absolute Gasteiger partial charge is 0.488 e. The van der Waals surface area contributed by atoms with Crippen molar-refractivity contribution in [2.24, 2.45) is 11.5 Å². The molecule has 0 bridgehead atoms. The van der Waals surface area contributed by atoms with E-state index in [1.807, 2.05) is 42.5 Å². The third-order valence-corrected chi connectivity index (χ3v) is 5.23. The van der Waals surface area contributed by atoms with Crippen molar-refractivity contribution in [3.8, 4) is 16.9 Å². The molecule has 0 fully saturated rings. The van der Waals surface area contributed by atoms with Gasteiger partial charge in [0.15, 0.2) is 0 Å². The van der Waals surface area contributed by atoms with Gasteiger partial charge in [0, 0.05) is 28.6 Å². The molecule has 0 atom stereocenters. The van der Waals surface area contributed by atoms with E-state index in [9.17, 15) is 9.59 Å². The molecule has 1 amide bonds. The number of carbonyl (C=O) groups excluding carboxylic acids is 1. The van der Waals surface area contributed by atoms with Crippen LogP contribution in [-0.4, -0.2) is 17.0 Å². The number of rotatable bonds is 8. The van der Waals surface area contributed by atoms with Crippen LogP contribution in [0.4, 0.5) is 0 Å². The first kappa shape index (κ1) is 21.1. The molecular weight excluding hydrogens is 408 g/mol. The zero-order valence-electron chi connectivity index (χ0n) is 17.2. The molecule has 162 valence electrons. The fourth-order valence-corrected chi connectivity index (χ4v) is 3.56. The topological polar surface area (TPSA) is 129 Å². The van der Waals surface area contributed by atoms with Crippen molar-refractivity contribution in [2.75, 3.05) is 0 Å². The molecule has 0 unspecified atom stereocenters. The normalized spacial score (nSPS) is 10.9. The second-order valence-corrected chi connectivity index (χ2v) is 7.42. The van der Waals surface area contributed by atoms with Crippen LogP contribution in [0.15, 0.2) is 71.3 Å². The van der Waals surface area contributed by atoms with E-state index in [1.54, 1.807) is 12.3 Å². The van der Waals surface area contributed by atoms with Crippen LogP contribution >= 0.6 is 0 Å². The van der Waals surface area contributed by atoms with Crippen molar-refractivity contribution >= 4 is 22.8 Å². The highest BCUT2D eigenvalue weighted by Crippen LogP contribution is 2.30. The molecule has 4 aromatic rings. The molecule has 7 heteroatoms. The van der Waals surface area contributed by atoms with E-state index >= 15 is 0 Å². The van der Waals surface area contributed by atoms with E-state index in [4.69, 9.17) is 25.7 Å². The van der Waals surface area contributed by atoms with Gasteiger partial charge in [0.2, 0.25) is 5.91 Å². The van der Waals surface area contributed by atoms with E-state index in [0.29, 0.717) is 23.4 Å². The van der Waals surface area contributed by atoms with Gasteiger partial charge in [-0.25, -0.2) is 0 Å². The van der Waals surface area contributed by atoms with Gasteiger partial charge in [-0.15, -0.1) is 0 Å². The molecule has 0 aliphatic carbocycles. The molecular formula is C25H22N2O5. The summed E-state index contributed by atoms with van der Waals surface area (Å²) in [4.78, 5) is 22.7. The van der Waals surface area contributed by atoms with Crippen LogP contribution in [-0.2, 0) is 24.4 Å². The fourth-order valence-electron chi connectivity index (χ4n) is 3.56. The summed E-state index contributed by atoms with van der Waals surface area (Å²) in [6.45, 7) is 0.595. The maximum Gasteiger partial charge on any atom is 0.307 e. The zero-order chi connectivity index (χ0) is 22.7. The van der Waals surface area contributed by atoms with Crippen LogP contribution in [0.3, 0.4) is 0 Å². The quantitative estimate of drug-likeness (QED) is 0.389. The van der Waals surface area contributed by atoms with E-state index in [0.717, 1.165) is 27.6 Å². The number of carbonyl (C=O) groups is 2. The lowest BCUT2D eigenvalue weighted by Gasteiger charge is -2.11. The Morgan fingerprint density at radius 3 is 2.53 bits per heavy atom. The average Bonchev–Trinajstić information content (AvgIpc) is 3.20. The number of benzene rings is 3. The third kappa shape index (κ3) is 4.48. The summed E-state index contributed by atoms with van der Waals surface area (Å²) < 4.78 is 11.6. The van der Waals surface area contributed by atoms with Crippen molar-refractivity contribution in [2.45, 2.75) is 19.6 Å². The number of furan rings is 1. The lowest BCUT2D eigenvalue weighted by atomic mass is 10.0. The summed E-state index contributed by atoms with van der Waals surface area (Å²) in [5.74, 6) is -1.32. The smallest absolute Gasteiger partial charge is 0.307 e. The Bertz CT molecular complexity index is 1310. The summed E-state index contributed by atoms with van der Waals surface area (Å²) in [5.41, 5.74) is 16.4. The number of ether oxygens (including phenoxy) is 1. The highest BCUT2D eigenvalue weighted by Gasteiger charge is 2.14. The number of carboxylic acid groups (broad SMARTS) is 1. The SMILES string of the molecule is NCc1cccc(-c2ccc3occ(COc4cc(C(N)=O)ccc4CC(=O)O)c3c2)c1. The first-order valence-electron chi connectivity index (χ1n) is 10.0. The lowest BCUT2D eigenvalue weighted by molar-refractivity contribution is -0.136. The van der Waals surface area contributed by atoms with Gasteiger partial charge >= 0.3 is 5.97 Å². The maximum absolute atomic E-state index is 11.5. The Morgan fingerprint density at radius 1 is 0.969 bits per heavy atom. The number of nitrogens with two attached hydrogens (primary N) is 2. The minimum Gasteiger partial charge on any atom is -0.488 e. The van der Waals surface area contributed by atoms with Gasteiger partial charge in [0.1, 0.15) is 17.9 Å². The molecule has 4 rings (SSSR count). The van der Waals surface area contributed by atoms with Crippen LogP contribution < -0.4 is 16.2 Å². The molecule has 7 nitrogen and oxygen atoms in total. The first-order chi connectivity index (χ1) is 15.4. The second kappa shape index (κ2) is 8.95. The highest BCUT2D eigenvalue weighted by molar-refractivity contribution is 5.93. The number of amides is 1. The molecule has 32 heavy (non-hydrogen) atoms. The Labute approximate surface area is 184 Å². The van der Waals surface area contributed by atoms with Gasteiger partial charge in [-0.1, -0.05) is 30.3 Å². The van der Waals surface area contributed by atoms with Gasteiger partial charge in [-0.3, -0.25) is 9.59 Å². The Morgan fingerprint density at radius 2 is 1.78 bits per heavy atom. The number of carboxylic acids is 1. The second-order valence-electron chi connectivity index (χ2n) is 7.42. The molecule has 0 aliphatic heterocycles. The van der Waals surface area contributed by atoms with Crippen LogP contribution in [0, 0.1) is 0 Å². The van der Waals surface area contributed by atoms with Crippen LogP contribution in [0.25, 0.3) is 22.1 Å². The highest BCUT2D eigenvalue weighted by atomic mass is 16.5.